The van der Waals surface area contributed by atoms with Gasteiger partial charge in [0.25, 0.3) is 5.69 Å². The number of nitro benzene ring substituents is 1. The van der Waals surface area contributed by atoms with Crippen molar-refractivity contribution >= 4 is 5.69 Å². The van der Waals surface area contributed by atoms with Gasteiger partial charge < -0.3 is 5.73 Å². The minimum atomic E-state index is -0.421. The van der Waals surface area contributed by atoms with E-state index in [0.29, 0.717) is 11.1 Å². The SMILES string of the molecule is Cc1cccc(C#CCN)c1[N+](=O)[O-]. The molecule has 0 aliphatic rings. The second-order valence-corrected chi connectivity index (χ2v) is 2.73. The molecule has 1 aromatic rings. The van der Waals surface area contributed by atoms with Gasteiger partial charge in [-0.1, -0.05) is 24.0 Å². The van der Waals surface area contributed by atoms with E-state index in [1.165, 1.54) is 0 Å². The summed E-state index contributed by atoms with van der Waals surface area (Å²) in [4.78, 5) is 10.3. The van der Waals surface area contributed by atoms with Crippen LogP contribution >= 0.6 is 0 Å². The first-order chi connectivity index (χ1) is 6.66. The predicted molar refractivity (Wildman–Crippen MR) is 53.8 cm³/mol. The standard InChI is InChI=1S/C10H10N2O2/c1-8-4-2-5-9(6-3-7-11)10(8)12(13)14/h2,4-5H,7,11H2,1H3. The van der Waals surface area contributed by atoms with Gasteiger partial charge in [-0.3, -0.25) is 10.1 Å². The van der Waals surface area contributed by atoms with Crippen molar-refractivity contribution in [3.8, 4) is 11.8 Å². The van der Waals surface area contributed by atoms with E-state index in [1.54, 1.807) is 25.1 Å². The molecule has 0 unspecified atom stereocenters. The van der Waals surface area contributed by atoms with Crippen LogP contribution in [-0.4, -0.2) is 11.5 Å². The Morgan fingerprint density at radius 2 is 2.29 bits per heavy atom. The fraction of sp³-hybridized carbons (Fsp3) is 0.200. The zero-order chi connectivity index (χ0) is 10.6. The number of hydrogen-bond donors (Lipinski definition) is 1. The first-order valence-electron chi connectivity index (χ1n) is 4.09. The van der Waals surface area contributed by atoms with Crippen molar-refractivity contribution in [3.05, 3.63) is 39.4 Å². The van der Waals surface area contributed by atoms with E-state index in [2.05, 4.69) is 11.8 Å². The topological polar surface area (TPSA) is 69.2 Å². The van der Waals surface area contributed by atoms with Gasteiger partial charge in [0, 0.05) is 5.56 Å². The van der Waals surface area contributed by atoms with Gasteiger partial charge in [-0.25, -0.2) is 0 Å². The molecule has 72 valence electrons. The zero-order valence-corrected chi connectivity index (χ0v) is 7.78. The lowest BCUT2D eigenvalue weighted by molar-refractivity contribution is -0.385. The summed E-state index contributed by atoms with van der Waals surface area (Å²) < 4.78 is 0. The quantitative estimate of drug-likeness (QED) is 0.411. The Balaban J connectivity index is 3.28. The molecular formula is C10H10N2O2. The number of nitrogens with zero attached hydrogens (tertiary/aromatic N) is 1. The molecule has 14 heavy (non-hydrogen) atoms. The summed E-state index contributed by atoms with van der Waals surface area (Å²) in [6.07, 6.45) is 0. The largest absolute Gasteiger partial charge is 0.320 e. The van der Waals surface area contributed by atoms with Crippen LogP contribution in [0.15, 0.2) is 18.2 Å². The molecule has 1 rings (SSSR count). The predicted octanol–water partition coefficient (Wildman–Crippen LogP) is 1.21. The fourth-order valence-electron chi connectivity index (χ4n) is 1.15. The van der Waals surface area contributed by atoms with E-state index in [1.807, 2.05) is 0 Å². The van der Waals surface area contributed by atoms with Crippen molar-refractivity contribution in [2.45, 2.75) is 6.92 Å². The molecule has 0 spiro atoms. The summed E-state index contributed by atoms with van der Waals surface area (Å²) in [5.74, 6) is 5.28. The number of benzene rings is 1. The van der Waals surface area contributed by atoms with Crippen molar-refractivity contribution in [2.24, 2.45) is 5.73 Å². The first kappa shape index (κ1) is 10.2. The molecule has 0 fully saturated rings. The maximum atomic E-state index is 10.7. The van der Waals surface area contributed by atoms with Crippen LogP contribution in [0.3, 0.4) is 0 Å². The van der Waals surface area contributed by atoms with Gasteiger partial charge in [0.05, 0.1) is 11.5 Å². The number of nitro groups is 1. The highest BCUT2D eigenvalue weighted by Gasteiger charge is 2.14. The summed E-state index contributed by atoms with van der Waals surface area (Å²) in [6, 6.07) is 5.04. The molecule has 4 heteroatoms. The molecule has 0 saturated heterocycles. The molecule has 0 aliphatic carbocycles. The van der Waals surface area contributed by atoms with Crippen molar-refractivity contribution < 1.29 is 4.92 Å². The van der Waals surface area contributed by atoms with Crippen molar-refractivity contribution in [3.63, 3.8) is 0 Å². The minimum absolute atomic E-state index is 0.0634. The number of aryl methyl sites for hydroxylation is 1. The molecule has 0 atom stereocenters. The number of para-hydroxylation sites is 1. The third-order valence-corrected chi connectivity index (χ3v) is 1.75. The Bertz CT molecular complexity index is 416. The van der Waals surface area contributed by atoms with E-state index >= 15 is 0 Å². The summed E-state index contributed by atoms with van der Waals surface area (Å²) in [6.45, 7) is 1.89. The van der Waals surface area contributed by atoms with Gasteiger partial charge in [0.2, 0.25) is 0 Å². The Kier molecular flexibility index (Phi) is 3.21. The average Bonchev–Trinajstić information content (AvgIpc) is 2.14. The first-order valence-corrected chi connectivity index (χ1v) is 4.09. The zero-order valence-electron chi connectivity index (χ0n) is 7.78. The monoisotopic (exact) mass is 190 g/mol. The summed E-state index contributed by atoms with van der Waals surface area (Å²) in [7, 11) is 0. The molecule has 0 radical (unpaired) electrons. The van der Waals surface area contributed by atoms with E-state index in [0.717, 1.165) is 0 Å². The molecule has 2 N–H and O–H groups in total. The third-order valence-electron chi connectivity index (χ3n) is 1.75. The van der Waals surface area contributed by atoms with E-state index in [9.17, 15) is 10.1 Å². The van der Waals surface area contributed by atoms with Crippen LogP contribution in [0.5, 0.6) is 0 Å². The second kappa shape index (κ2) is 4.40. The Labute approximate surface area is 81.9 Å². The van der Waals surface area contributed by atoms with E-state index in [-0.39, 0.29) is 12.2 Å². The van der Waals surface area contributed by atoms with Crippen LogP contribution in [0.4, 0.5) is 5.69 Å². The lowest BCUT2D eigenvalue weighted by Gasteiger charge is -1.98. The van der Waals surface area contributed by atoms with E-state index in [4.69, 9.17) is 5.73 Å². The molecule has 0 heterocycles. The lowest BCUT2D eigenvalue weighted by atomic mass is 10.1. The highest BCUT2D eigenvalue weighted by atomic mass is 16.6. The lowest BCUT2D eigenvalue weighted by Crippen LogP contribution is -1.97. The van der Waals surface area contributed by atoms with Crippen molar-refractivity contribution in [1.29, 1.82) is 0 Å². The summed E-state index contributed by atoms with van der Waals surface area (Å²) >= 11 is 0. The molecule has 1 aromatic carbocycles. The molecule has 0 aliphatic heterocycles. The third kappa shape index (κ3) is 2.09. The highest BCUT2D eigenvalue weighted by molar-refractivity contribution is 5.55. The van der Waals surface area contributed by atoms with Gasteiger partial charge in [0.1, 0.15) is 5.56 Å². The molecular weight excluding hydrogens is 180 g/mol. The molecule has 0 amide bonds. The van der Waals surface area contributed by atoms with Crippen LogP contribution in [0.1, 0.15) is 11.1 Å². The van der Waals surface area contributed by atoms with Crippen LogP contribution in [0.2, 0.25) is 0 Å². The van der Waals surface area contributed by atoms with Crippen LogP contribution in [0, 0.1) is 28.9 Å². The van der Waals surface area contributed by atoms with Crippen LogP contribution < -0.4 is 5.73 Å². The average molecular weight is 190 g/mol. The maximum absolute atomic E-state index is 10.7. The fourth-order valence-corrected chi connectivity index (χ4v) is 1.15. The van der Waals surface area contributed by atoms with Crippen LogP contribution in [0.25, 0.3) is 0 Å². The van der Waals surface area contributed by atoms with E-state index < -0.39 is 4.92 Å². The van der Waals surface area contributed by atoms with Crippen molar-refractivity contribution in [1.82, 2.24) is 0 Å². The Morgan fingerprint density at radius 3 is 2.86 bits per heavy atom. The maximum Gasteiger partial charge on any atom is 0.287 e. The van der Waals surface area contributed by atoms with Crippen molar-refractivity contribution in [2.75, 3.05) is 6.54 Å². The van der Waals surface area contributed by atoms with Gasteiger partial charge in [-0.2, -0.15) is 0 Å². The number of rotatable bonds is 1. The highest BCUT2D eigenvalue weighted by Crippen LogP contribution is 2.21. The summed E-state index contributed by atoms with van der Waals surface area (Å²) in [5.41, 5.74) is 6.29. The van der Waals surface area contributed by atoms with Gasteiger partial charge in [0.15, 0.2) is 0 Å². The second-order valence-electron chi connectivity index (χ2n) is 2.73. The van der Waals surface area contributed by atoms with Gasteiger partial charge in [-0.15, -0.1) is 0 Å². The molecule has 0 bridgehead atoms. The molecule has 4 nitrogen and oxygen atoms in total. The smallest absolute Gasteiger partial charge is 0.287 e. The normalized spacial score (nSPS) is 9.00. The molecule has 0 aromatic heterocycles. The Hall–Kier alpha value is -1.86. The van der Waals surface area contributed by atoms with Gasteiger partial charge in [-0.05, 0) is 13.0 Å². The minimum Gasteiger partial charge on any atom is -0.320 e. The number of hydrogen-bond acceptors (Lipinski definition) is 3. The Morgan fingerprint density at radius 1 is 1.57 bits per heavy atom. The van der Waals surface area contributed by atoms with Gasteiger partial charge >= 0.3 is 0 Å². The molecule has 0 saturated carbocycles. The number of nitrogens with two attached hydrogens (primary N) is 1. The summed E-state index contributed by atoms with van der Waals surface area (Å²) in [5, 5.41) is 10.7. The van der Waals surface area contributed by atoms with Crippen LogP contribution in [-0.2, 0) is 0 Å².